The third-order valence-corrected chi connectivity index (χ3v) is 2.75. The molecule has 6 nitrogen and oxygen atoms in total. The summed E-state index contributed by atoms with van der Waals surface area (Å²) in [5.74, 6) is 1.75. The van der Waals surface area contributed by atoms with Crippen molar-refractivity contribution in [2.24, 2.45) is 15.8 Å². The maximum absolute atomic E-state index is 6.58. The molecule has 0 atom stereocenters. The molecule has 0 aromatic carbocycles. The Hall–Kier alpha value is -1.37. The Labute approximate surface area is 92.3 Å². The number of nitrogens with two attached hydrogens (primary N) is 1. The van der Waals surface area contributed by atoms with Crippen LogP contribution < -0.4 is 5.73 Å². The average Bonchev–Trinajstić information content (AvgIpc) is 2.63. The Balaban J connectivity index is 2.18. The Morgan fingerprint density at radius 1 is 1.73 bits per heavy atom. The number of hydrogen-bond acceptors (Lipinski definition) is 4. The predicted octanol–water partition coefficient (Wildman–Crippen LogP) is 1.30. The minimum atomic E-state index is 0.0338. The van der Waals surface area contributed by atoms with Crippen LogP contribution in [0.5, 0.6) is 0 Å². The molecule has 1 aromatic rings. The second-order valence-electron chi connectivity index (χ2n) is 2.88. The van der Waals surface area contributed by atoms with Crippen molar-refractivity contribution in [3.05, 3.63) is 17.7 Å². The summed E-state index contributed by atoms with van der Waals surface area (Å²) in [7, 11) is 0. The Bertz CT molecular complexity index is 345. The van der Waals surface area contributed by atoms with Gasteiger partial charge in [-0.05, 0) is 6.92 Å². The molecule has 7 heteroatoms. The number of aliphatic imine (C=N–C) groups is 1. The van der Waals surface area contributed by atoms with Crippen LogP contribution in [0.4, 0.5) is 0 Å². The molecule has 0 amide bonds. The lowest BCUT2D eigenvalue weighted by Crippen LogP contribution is -2.08. The van der Waals surface area contributed by atoms with Crippen LogP contribution in [0.15, 0.2) is 16.4 Å². The normalized spacial score (nSPS) is 11.7. The highest BCUT2D eigenvalue weighted by Gasteiger charge is 1.99. The van der Waals surface area contributed by atoms with E-state index in [-0.39, 0.29) is 5.96 Å². The highest BCUT2D eigenvalue weighted by Crippen LogP contribution is 2.11. The number of H-pyrrole nitrogens is 1. The van der Waals surface area contributed by atoms with E-state index in [0.717, 1.165) is 22.9 Å². The zero-order valence-electron chi connectivity index (χ0n) is 8.53. The zero-order valence-corrected chi connectivity index (χ0v) is 9.34. The van der Waals surface area contributed by atoms with Gasteiger partial charge < -0.3 is 10.7 Å². The Kier molecular flexibility index (Phi) is 4.82. The minimum Gasteiger partial charge on any atom is -0.367 e. The number of thioether (sulfide) groups is 1. The van der Waals surface area contributed by atoms with Crippen LogP contribution in [-0.4, -0.2) is 28.2 Å². The second-order valence-corrected chi connectivity index (χ2v) is 3.98. The van der Waals surface area contributed by atoms with E-state index >= 15 is 0 Å². The van der Waals surface area contributed by atoms with Gasteiger partial charge in [-0.15, -0.1) is 5.11 Å². The number of rotatable bonds is 5. The van der Waals surface area contributed by atoms with Crippen LogP contribution in [0.25, 0.3) is 0 Å². The molecule has 0 spiro atoms. The fraction of sp³-hybridized carbons (Fsp3) is 0.500. The van der Waals surface area contributed by atoms with E-state index in [2.05, 4.69) is 20.1 Å². The summed E-state index contributed by atoms with van der Waals surface area (Å²) < 4.78 is 0. The van der Waals surface area contributed by atoms with Gasteiger partial charge in [0.15, 0.2) is 0 Å². The van der Waals surface area contributed by atoms with E-state index in [1.165, 1.54) is 0 Å². The lowest BCUT2D eigenvalue weighted by molar-refractivity contribution is 1.08. The lowest BCUT2D eigenvalue weighted by Gasteiger charge is -1.97. The Morgan fingerprint density at radius 2 is 2.53 bits per heavy atom. The smallest absolute Gasteiger partial charge is 0.234 e. The minimum absolute atomic E-state index is 0.0338. The topological polar surface area (TPSA) is 103 Å². The van der Waals surface area contributed by atoms with Gasteiger partial charge in [-0.25, -0.2) is 15.5 Å². The van der Waals surface area contributed by atoms with Crippen molar-refractivity contribution < 1.29 is 0 Å². The van der Waals surface area contributed by atoms with Gasteiger partial charge in [0.2, 0.25) is 5.96 Å². The summed E-state index contributed by atoms with van der Waals surface area (Å²) in [4.78, 5) is 11.1. The first-order valence-electron chi connectivity index (χ1n) is 4.48. The number of imidazole rings is 1. The summed E-state index contributed by atoms with van der Waals surface area (Å²) in [5, 5.41) is 3.00. The molecule has 1 aromatic heterocycles. The SMILES string of the molecule is Cc1[nH]cnc1CSCCN=C(N)N=N. The van der Waals surface area contributed by atoms with Gasteiger partial charge in [0.1, 0.15) is 0 Å². The fourth-order valence-electron chi connectivity index (χ4n) is 0.962. The number of aromatic nitrogens is 2. The number of aromatic amines is 1. The van der Waals surface area contributed by atoms with Gasteiger partial charge in [0.25, 0.3) is 0 Å². The number of aryl methyl sites for hydroxylation is 1. The highest BCUT2D eigenvalue weighted by atomic mass is 32.2. The van der Waals surface area contributed by atoms with E-state index in [4.69, 9.17) is 11.3 Å². The second kappa shape index (κ2) is 6.18. The number of guanidine groups is 1. The average molecular weight is 226 g/mol. The first-order valence-corrected chi connectivity index (χ1v) is 5.63. The van der Waals surface area contributed by atoms with E-state index in [0.29, 0.717) is 6.54 Å². The molecule has 15 heavy (non-hydrogen) atoms. The molecular weight excluding hydrogens is 212 g/mol. The van der Waals surface area contributed by atoms with Crippen molar-refractivity contribution in [3.8, 4) is 0 Å². The zero-order chi connectivity index (χ0) is 11.1. The largest absolute Gasteiger partial charge is 0.367 e. The van der Waals surface area contributed by atoms with Crippen molar-refractivity contribution in [3.63, 3.8) is 0 Å². The molecule has 0 saturated carbocycles. The molecule has 0 unspecified atom stereocenters. The van der Waals surface area contributed by atoms with Crippen molar-refractivity contribution in [2.45, 2.75) is 12.7 Å². The van der Waals surface area contributed by atoms with Gasteiger partial charge in [-0.2, -0.15) is 11.8 Å². The van der Waals surface area contributed by atoms with Crippen LogP contribution in [0.3, 0.4) is 0 Å². The molecule has 0 aliphatic rings. The summed E-state index contributed by atoms with van der Waals surface area (Å²) in [6.45, 7) is 2.58. The molecule has 0 radical (unpaired) electrons. The van der Waals surface area contributed by atoms with Crippen LogP contribution in [0, 0.1) is 12.5 Å². The van der Waals surface area contributed by atoms with Gasteiger partial charge in [-0.3, -0.25) is 0 Å². The molecule has 0 aliphatic heterocycles. The molecule has 0 bridgehead atoms. The lowest BCUT2D eigenvalue weighted by atomic mass is 10.4. The molecule has 82 valence electrons. The quantitative estimate of drug-likeness (QED) is 0.305. The van der Waals surface area contributed by atoms with Gasteiger partial charge >= 0.3 is 0 Å². The number of nitrogens with zero attached hydrogens (tertiary/aromatic N) is 3. The third kappa shape index (κ3) is 4.11. The van der Waals surface area contributed by atoms with Crippen LogP contribution in [0.1, 0.15) is 11.4 Å². The van der Waals surface area contributed by atoms with Crippen molar-refractivity contribution in [1.82, 2.24) is 9.97 Å². The van der Waals surface area contributed by atoms with Gasteiger partial charge in [-0.1, -0.05) is 0 Å². The maximum Gasteiger partial charge on any atom is 0.234 e. The maximum atomic E-state index is 6.58. The van der Waals surface area contributed by atoms with Crippen LogP contribution in [0.2, 0.25) is 0 Å². The monoisotopic (exact) mass is 226 g/mol. The van der Waals surface area contributed by atoms with Crippen LogP contribution in [-0.2, 0) is 5.75 Å². The van der Waals surface area contributed by atoms with Crippen molar-refractivity contribution >= 4 is 17.7 Å². The van der Waals surface area contributed by atoms with E-state index in [9.17, 15) is 0 Å². The van der Waals surface area contributed by atoms with Crippen LogP contribution >= 0.6 is 11.8 Å². The summed E-state index contributed by atoms with van der Waals surface area (Å²) in [5.41, 5.74) is 14.0. The predicted molar refractivity (Wildman–Crippen MR) is 61.1 cm³/mol. The van der Waals surface area contributed by atoms with E-state index < -0.39 is 0 Å². The summed E-state index contributed by atoms with van der Waals surface area (Å²) in [6.07, 6.45) is 1.69. The summed E-state index contributed by atoms with van der Waals surface area (Å²) >= 11 is 1.73. The van der Waals surface area contributed by atoms with E-state index in [1.54, 1.807) is 18.1 Å². The molecule has 1 rings (SSSR count). The molecular formula is C8H14N6S. The van der Waals surface area contributed by atoms with Gasteiger partial charge in [0, 0.05) is 17.2 Å². The first-order chi connectivity index (χ1) is 7.24. The number of nitrogens with one attached hydrogen (secondary N) is 2. The molecule has 4 N–H and O–H groups in total. The highest BCUT2D eigenvalue weighted by molar-refractivity contribution is 7.98. The molecule has 0 saturated heterocycles. The van der Waals surface area contributed by atoms with Gasteiger partial charge in [0.05, 0.1) is 18.6 Å². The first kappa shape index (κ1) is 11.7. The van der Waals surface area contributed by atoms with E-state index in [1.807, 2.05) is 6.92 Å². The van der Waals surface area contributed by atoms with Crippen molar-refractivity contribution in [2.75, 3.05) is 12.3 Å². The fourth-order valence-corrected chi connectivity index (χ4v) is 1.81. The number of hydrogen-bond donors (Lipinski definition) is 3. The molecule has 1 heterocycles. The standard InChI is InChI=1S/C8H14N6S/c1-6-7(13-5-12-6)4-15-3-2-11-8(9)14-10/h5,10H,2-4H2,1H3,(H2,9,11)(H,12,13). The molecule has 0 fully saturated rings. The van der Waals surface area contributed by atoms with Crippen molar-refractivity contribution in [1.29, 1.82) is 5.53 Å². The molecule has 0 aliphatic carbocycles. The summed E-state index contributed by atoms with van der Waals surface area (Å²) in [6, 6.07) is 0. The Morgan fingerprint density at radius 3 is 3.13 bits per heavy atom. The third-order valence-electron chi connectivity index (χ3n) is 1.80.